The van der Waals surface area contributed by atoms with Gasteiger partial charge in [-0.2, -0.15) is 0 Å². The average Bonchev–Trinajstić information content (AvgIpc) is 3.18. The molecule has 0 radical (unpaired) electrons. The van der Waals surface area contributed by atoms with Crippen LogP contribution in [0.2, 0.25) is 5.02 Å². The number of nitrogens with one attached hydrogen (secondary N) is 2. The zero-order valence-corrected chi connectivity index (χ0v) is 22.3. The van der Waals surface area contributed by atoms with Crippen LogP contribution in [-0.4, -0.2) is 47.0 Å². The van der Waals surface area contributed by atoms with Crippen LogP contribution in [0.4, 0.5) is 5.69 Å². The predicted octanol–water partition coefficient (Wildman–Crippen LogP) is 3.89. The van der Waals surface area contributed by atoms with Gasteiger partial charge < -0.3 is 15.3 Å². The van der Waals surface area contributed by atoms with E-state index >= 15 is 0 Å². The fraction of sp³-hybridized carbons (Fsp3) is 0.407. The molecule has 8 nitrogen and oxygen atoms in total. The van der Waals surface area contributed by atoms with Gasteiger partial charge in [0, 0.05) is 40.7 Å². The molecule has 0 saturated carbocycles. The molecule has 1 saturated heterocycles. The Morgan fingerprint density at radius 1 is 1.16 bits per heavy atom. The second kappa shape index (κ2) is 12.5. The van der Waals surface area contributed by atoms with Crippen LogP contribution in [0.1, 0.15) is 60.0 Å². The largest absolute Gasteiger partial charge is 0.846 e. The lowest BCUT2D eigenvalue weighted by molar-refractivity contribution is -0.214. The molecule has 10 heteroatoms. The van der Waals surface area contributed by atoms with Gasteiger partial charge in [0.15, 0.2) is 0 Å². The second-order valence-corrected chi connectivity index (χ2v) is 10.8. The van der Waals surface area contributed by atoms with Crippen LogP contribution < -0.4 is 15.7 Å². The Hall–Kier alpha value is -3.04. The number of hydrogen-bond acceptors (Lipinski definition) is 6. The van der Waals surface area contributed by atoms with Crippen LogP contribution >= 0.6 is 23.4 Å². The topological polar surface area (TPSA) is 114 Å². The molecule has 0 aromatic heterocycles. The second-order valence-electron chi connectivity index (χ2n) is 9.26. The van der Waals surface area contributed by atoms with Crippen molar-refractivity contribution in [2.45, 2.75) is 62.9 Å². The van der Waals surface area contributed by atoms with Crippen molar-refractivity contribution in [1.82, 2.24) is 10.2 Å². The number of thioether (sulfide) groups is 1. The molecular weight excluding hydrogens is 512 g/mol. The molecular formula is C27H30ClN4O4S-. The Labute approximate surface area is 225 Å². The van der Waals surface area contributed by atoms with Gasteiger partial charge in [-0.05, 0) is 73.4 Å². The third kappa shape index (κ3) is 7.05. The van der Waals surface area contributed by atoms with Gasteiger partial charge in [-0.3, -0.25) is 24.7 Å². The molecule has 0 bridgehead atoms. The Morgan fingerprint density at radius 3 is 2.76 bits per heavy atom. The molecule has 0 aliphatic carbocycles. The number of aliphatic imine (C=N–C) groups is 1. The van der Waals surface area contributed by atoms with Gasteiger partial charge in [-0.25, -0.2) is 0 Å². The third-order valence-corrected chi connectivity index (χ3v) is 7.98. The van der Waals surface area contributed by atoms with E-state index in [1.807, 2.05) is 31.2 Å². The molecule has 2 heterocycles. The van der Waals surface area contributed by atoms with Crippen LogP contribution in [0.15, 0.2) is 46.3 Å². The number of piperidine rings is 1. The number of imide groups is 1. The van der Waals surface area contributed by atoms with E-state index in [9.17, 15) is 19.5 Å². The van der Waals surface area contributed by atoms with E-state index in [0.717, 1.165) is 47.5 Å². The summed E-state index contributed by atoms with van der Waals surface area (Å²) in [5.41, 5.74) is 3.15. The molecule has 2 N–H and O–H groups in total. The number of halogens is 1. The van der Waals surface area contributed by atoms with Crippen LogP contribution in [-0.2, 0) is 16.1 Å². The molecule has 3 amide bonds. The fourth-order valence-corrected chi connectivity index (χ4v) is 5.57. The Bertz CT molecular complexity index is 1220. The molecule has 4 rings (SSSR count). The minimum atomic E-state index is -0.590. The lowest BCUT2D eigenvalue weighted by Crippen LogP contribution is -2.52. The number of hydrogen-bond donors (Lipinski definition) is 2. The van der Waals surface area contributed by atoms with Crippen LogP contribution in [0.3, 0.4) is 0 Å². The van der Waals surface area contributed by atoms with E-state index < -0.39 is 11.9 Å². The number of unbranched alkanes of at least 4 members (excludes halogenated alkanes) is 3. The maximum Gasteiger partial charge on any atom is 0.255 e. The number of aryl methyl sites for hydroxylation is 1. The van der Waals surface area contributed by atoms with Gasteiger partial charge >= 0.3 is 0 Å². The van der Waals surface area contributed by atoms with Crippen molar-refractivity contribution in [3.05, 3.63) is 58.1 Å². The Kier molecular flexibility index (Phi) is 9.10. The highest BCUT2D eigenvalue weighted by atomic mass is 35.5. The first-order valence-electron chi connectivity index (χ1n) is 12.5. The lowest BCUT2D eigenvalue weighted by Gasteiger charge is -2.29. The quantitative estimate of drug-likeness (QED) is 0.155. The average molecular weight is 542 g/mol. The Morgan fingerprint density at radius 2 is 1.97 bits per heavy atom. The highest BCUT2D eigenvalue weighted by molar-refractivity contribution is 7.99. The molecule has 2 aliphatic heterocycles. The highest BCUT2D eigenvalue weighted by Gasteiger charge is 2.39. The molecule has 1 atom stereocenters. The summed E-state index contributed by atoms with van der Waals surface area (Å²) in [5, 5.41) is 17.6. The minimum absolute atomic E-state index is 0.150. The summed E-state index contributed by atoms with van der Waals surface area (Å²) in [7, 11) is 0. The Balaban J connectivity index is 1.14. The van der Waals surface area contributed by atoms with Gasteiger partial charge in [0.25, 0.3) is 5.91 Å². The smallest absolute Gasteiger partial charge is 0.255 e. The highest BCUT2D eigenvalue weighted by Crippen LogP contribution is 2.31. The number of benzene rings is 2. The number of fused-ring (bicyclic) bond motifs is 1. The molecule has 0 spiro atoms. The molecule has 2 aliphatic rings. The van der Waals surface area contributed by atoms with E-state index in [-0.39, 0.29) is 24.3 Å². The maximum atomic E-state index is 12.8. The third-order valence-electron chi connectivity index (χ3n) is 6.49. The maximum absolute atomic E-state index is 12.8. The van der Waals surface area contributed by atoms with Crippen LogP contribution in [0.5, 0.6) is 0 Å². The van der Waals surface area contributed by atoms with Crippen molar-refractivity contribution in [3.63, 3.8) is 0 Å². The van der Waals surface area contributed by atoms with E-state index in [2.05, 4.69) is 15.6 Å². The number of rotatable bonds is 10. The van der Waals surface area contributed by atoms with Gasteiger partial charge in [0.2, 0.25) is 11.8 Å². The van der Waals surface area contributed by atoms with Crippen molar-refractivity contribution in [3.8, 4) is 0 Å². The number of nitrogens with zero attached hydrogens (tertiary/aromatic N) is 2. The molecule has 37 heavy (non-hydrogen) atoms. The summed E-state index contributed by atoms with van der Waals surface area (Å²) < 4.78 is 0. The number of amidine groups is 1. The molecule has 2 aromatic carbocycles. The molecule has 1 unspecified atom stereocenters. The minimum Gasteiger partial charge on any atom is -0.846 e. The number of amides is 3. The summed E-state index contributed by atoms with van der Waals surface area (Å²) in [6.07, 6.45) is 4.55. The molecule has 196 valence electrons. The molecule has 1 fully saturated rings. The van der Waals surface area contributed by atoms with Crippen molar-refractivity contribution >= 4 is 52.8 Å². The van der Waals surface area contributed by atoms with E-state index in [1.54, 1.807) is 28.8 Å². The monoisotopic (exact) mass is 541 g/mol. The summed E-state index contributed by atoms with van der Waals surface area (Å²) in [5.74, 6) is 0.127. The van der Waals surface area contributed by atoms with Gasteiger partial charge in [0.1, 0.15) is 6.04 Å². The first-order chi connectivity index (χ1) is 17.8. The van der Waals surface area contributed by atoms with Crippen molar-refractivity contribution in [2.24, 2.45) is 4.99 Å². The number of anilines is 1. The zero-order valence-electron chi connectivity index (χ0n) is 20.7. The lowest BCUT2D eigenvalue weighted by atomic mass is 10.0. The van der Waals surface area contributed by atoms with Crippen molar-refractivity contribution < 1.29 is 19.5 Å². The SMILES string of the molecule is Cc1ccc(NC([O-])=NCCCCCCSc2ccc3c(c2)CN(C2CCC(=O)NC2=O)C3=O)cc1Cl. The van der Waals surface area contributed by atoms with Gasteiger partial charge in [-0.1, -0.05) is 30.5 Å². The van der Waals surface area contributed by atoms with Crippen LogP contribution in [0.25, 0.3) is 0 Å². The number of carbonyl (C=O) groups is 3. The summed E-state index contributed by atoms with van der Waals surface area (Å²) >= 11 is 7.82. The summed E-state index contributed by atoms with van der Waals surface area (Å²) in [4.78, 5) is 43.1. The van der Waals surface area contributed by atoms with Crippen molar-refractivity contribution in [1.29, 1.82) is 0 Å². The number of carbonyl (C=O) groups excluding carboxylic acids is 3. The van der Waals surface area contributed by atoms with Crippen LogP contribution in [0, 0.1) is 6.92 Å². The van der Waals surface area contributed by atoms with Gasteiger partial charge in [-0.15, -0.1) is 11.8 Å². The summed E-state index contributed by atoms with van der Waals surface area (Å²) in [6.45, 7) is 2.79. The zero-order chi connectivity index (χ0) is 26.4. The fourth-order valence-electron chi connectivity index (χ4n) is 4.41. The predicted molar refractivity (Wildman–Crippen MR) is 144 cm³/mol. The van der Waals surface area contributed by atoms with Gasteiger partial charge in [0.05, 0.1) is 6.02 Å². The standard InChI is InChI=1S/C27H31ClN4O4S/c1-17-6-7-19(15-22(17)28)30-27(36)29-12-4-2-3-5-13-37-20-8-9-21-18(14-20)16-32(26(21)35)23-10-11-24(33)31-25(23)34/h6-9,14-15,23H,2-5,10-13,16H2,1H3,(H2,29,30,36)(H,31,33,34)/p-1. The van der Waals surface area contributed by atoms with E-state index in [0.29, 0.717) is 35.8 Å². The van der Waals surface area contributed by atoms with E-state index in [1.165, 1.54) is 0 Å². The summed E-state index contributed by atoms with van der Waals surface area (Å²) in [6, 6.07) is 10.2. The first-order valence-corrected chi connectivity index (χ1v) is 13.8. The van der Waals surface area contributed by atoms with E-state index in [4.69, 9.17) is 11.6 Å². The molecule has 2 aromatic rings. The normalized spacial score (nSPS) is 17.7. The first kappa shape index (κ1) is 27.0. The van der Waals surface area contributed by atoms with Crippen molar-refractivity contribution in [2.75, 3.05) is 17.6 Å².